The van der Waals surface area contributed by atoms with E-state index >= 15 is 0 Å². The van der Waals surface area contributed by atoms with Crippen molar-refractivity contribution in [2.45, 2.75) is 6.17 Å². The van der Waals surface area contributed by atoms with Crippen LogP contribution in [0.5, 0.6) is 0 Å². The number of allylic oxidation sites excluding steroid dienone is 1. The van der Waals surface area contributed by atoms with Gasteiger partial charge in [-0.15, -0.1) is 0 Å². The molecule has 3 rings (SSSR count). The van der Waals surface area contributed by atoms with Crippen LogP contribution >= 0.6 is 0 Å². The van der Waals surface area contributed by atoms with Gasteiger partial charge in [-0.25, -0.2) is 9.37 Å². The monoisotopic (exact) mass is 352 g/mol. The van der Waals surface area contributed by atoms with Gasteiger partial charge in [0, 0.05) is 48.0 Å². The summed E-state index contributed by atoms with van der Waals surface area (Å²) in [5.41, 5.74) is 9.56. The van der Waals surface area contributed by atoms with Gasteiger partial charge in [0.05, 0.1) is 18.8 Å². The summed E-state index contributed by atoms with van der Waals surface area (Å²) in [6, 6.07) is 8.87. The van der Waals surface area contributed by atoms with Gasteiger partial charge in [0.2, 0.25) is 0 Å². The van der Waals surface area contributed by atoms with Crippen molar-refractivity contribution in [3.63, 3.8) is 0 Å². The topological polar surface area (TPSA) is 102 Å². The van der Waals surface area contributed by atoms with Crippen LogP contribution in [0.2, 0.25) is 0 Å². The van der Waals surface area contributed by atoms with E-state index in [4.69, 9.17) is 16.6 Å². The van der Waals surface area contributed by atoms with Crippen LogP contribution in [0.1, 0.15) is 16.7 Å². The van der Waals surface area contributed by atoms with Gasteiger partial charge in [0.25, 0.3) is 0 Å². The van der Waals surface area contributed by atoms with Gasteiger partial charge in [-0.2, -0.15) is 0 Å². The maximum absolute atomic E-state index is 13.1. The Bertz CT molecular complexity index is 870. The molecule has 0 bridgehead atoms. The maximum atomic E-state index is 13.1. The van der Waals surface area contributed by atoms with E-state index < -0.39 is 6.17 Å². The van der Waals surface area contributed by atoms with E-state index in [1.54, 1.807) is 43.7 Å². The lowest BCUT2D eigenvalue weighted by Gasteiger charge is -2.35. The third-order valence-electron chi connectivity index (χ3n) is 4.31. The second kappa shape index (κ2) is 7.35. The number of nitrogens with zero attached hydrogens (tertiary/aromatic N) is 2. The van der Waals surface area contributed by atoms with Crippen molar-refractivity contribution in [1.29, 1.82) is 10.8 Å². The fourth-order valence-electron chi connectivity index (χ4n) is 2.83. The number of benzene rings is 1. The van der Waals surface area contributed by atoms with Crippen LogP contribution in [0.4, 0.5) is 15.9 Å². The van der Waals surface area contributed by atoms with Gasteiger partial charge in [-0.05, 0) is 29.8 Å². The lowest BCUT2D eigenvalue weighted by molar-refractivity contribution is 0.273. The molecule has 2 aromatic rings. The summed E-state index contributed by atoms with van der Waals surface area (Å²) in [4.78, 5) is 6.10. The Kier molecular flexibility index (Phi) is 4.97. The summed E-state index contributed by atoms with van der Waals surface area (Å²) in [5, 5.41) is 19.0. The smallest absolute Gasteiger partial charge is 0.135 e. The number of hydrogen-bond donors (Lipinski definition) is 4. The Morgan fingerprint density at radius 1 is 1.31 bits per heavy atom. The van der Waals surface area contributed by atoms with Gasteiger partial charge in [0.1, 0.15) is 12.0 Å². The largest absolute Gasteiger partial charge is 0.398 e. The molecule has 0 unspecified atom stereocenters. The van der Waals surface area contributed by atoms with Crippen LogP contribution in [0.25, 0.3) is 5.57 Å². The summed E-state index contributed by atoms with van der Waals surface area (Å²) in [6.45, 7) is 0.665. The minimum atomic E-state index is -0.814. The molecule has 7 heteroatoms. The van der Waals surface area contributed by atoms with Crippen molar-refractivity contribution < 1.29 is 4.39 Å². The third kappa shape index (κ3) is 3.42. The Hall–Kier alpha value is -3.22. The summed E-state index contributed by atoms with van der Waals surface area (Å²) in [6.07, 6.45) is 3.77. The molecule has 5 N–H and O–H groups in total. The number of nitrogens with one attached hydrogen (secondary N) is 3. The molecule has 0 saturated carbocycles. The molecule has 0 amide bonds. The van der Waals surface area contributed by atoms with E-state index in [9.17, 15) is 4.39 Å². The first-order valence-electron chi connectivity index (χ1n) is 8.25. The maximum Gasteiger partial charge on any atom is 0.135 e. The van der Waals surface area contributed by atoms with Gasteiger partial charge in [0.15, 0.2) is 0 Å². The van der Waals surface area contributed by atoms with E-state index in [0.717, 1.165) is 5.56 Å². The summed E-state index contributed by atoms with van der Waals surface area (Å²) in [7, 11) is 1.76. The molecule has 0 spiro atoms. The number of aromatic nitrogens is 1. The highest BCUT2D eigenvalue weighted by Crippen LogP contribution is 2.25. The molecule has 134 valence electrons. The fourth-order valence-corrected chi connectivity index (χ4v) is 2.83. The highest BCUT2D eigenvalue weighted by Gasteiger charge is 2.27. The number of anilines is 2. The van der Waals surface area contributed by atoms with Gasteiger partial charge < -0.3 is 21.4 Å². The second-order valence-electron chi connectivity index (χ2n) is 6.11. The molecule has 1 aromatic heterocycles. The molecule has 1 saturated heterocycles. The Morgan fingerprint density at radius 2 is 2.08 bits per heavy atom. The van der Waals surface area contributed by atoms with Crippen LogP contribution < -0.4 is 16.0 Å². The second-order valence-corrected chi connectivity index (χ2v) is 6.11. The van der Waals surface area contributed by atoms with Crippen LogP contribution in [-0.4, -0.2) is 43.2 Å². The molecule has 1 aromatic carbocycles. The van der Waals surface area contributed by atoms with E-state index in [-0.39, 0.29) is 5.71 Å². The highest BCUT2D eigenvalue weighted by molar-refractivity contribution is 6.15. The molecule has 0 atom stereocenters. The Labute approximate surface area is 151 Å². The zero-order valence-electron chi connectivity index (χ0n) is 14.5. The average molecular weight is 352 g/mol. The lowest BCUT2D eigenvalue weighted by Crippen LogP contribution is -2.48. The van der Waals surface area contributed by atoms with E-state index in [1.807, 2.05) is 11.0 Å². The first-order valence-corrected chi connectivity index (χ1v) is 8.25. The number of nitrogens with two attached hydrogens (primary N) is 1. The van der Waals surface area contributed by atoms with E-state index in [2.05, 4.69) is 10.3 Å². The molecular formula is C19H21FN6. The van der Waals surface area contributed by atoms with Crippen LogP contribution in [0.15, 0.2) is 42.7 Å². The van der Waals surface area contributed by atoms with Crippen molar-refractivity contribution >= 4 is 29.0 Å². The molecule has 1 aliphatic heterocycles. The molecule has 0 radical (unpaired) electrons. The van der Waals surface area contributed by atoms with Gasteiger partial charge in [-0.1, -0.05) is 6.07 Å². The summed E-state index contributed by atoms with van der Waals surface area (Å²) >= 11 is 0. The Morgan fingerprint density at radius 3 is 2.73 bits per heavy atom. The fraction of sp³-hybridized carbons (Fsp3) is 0.211. The average Bonchev–Trinajstić information content (AvgIpc) is 2.63. The minimum absolute atomic E-state index is 0.263. The van der Waals surface area contributed by atoms with Crippen LogP contribution in [0, 0.1) is 10.8 Å². The number of hydrogen-bond acceptors (Lipinski definition) is 6. The number of alkyl halides is 1. The van der Waals surface area contributed by atoms with E-state index in [0.29, 0.717) is 41.3 Å². The third-order valence-corrected chi connectivity index (χ3v) is 4.31. The lowest BCUT2D eigenvalue weighted by atomic mass is 9.97. The predicted octanol–water partition coefficient (Wildman–Crippen LogP) is 2.45. The number of halogens is 1. The van der Waals surface area contributed by atoms with E-state index in [1.165, 1.54) is 6.21 Å². The molecule has 6 nitrogen and oxygen atoms in total. The van der Waals surface area contributed by atoms with Gasteiger partial charge >= 0.3 is 0 Å². The first-order chi connectivity index (χ1) is 12.5. The summed E-state index contributed by atoms with van der Waals surface area (Å²) < 4.78 is 13.1. The minimum Gasteiger partial charge on any atom is -0.398 e. The van der Waals surface area contributed by atoms with Crippen molar-refractivity contribution in [2.24, 2.45) is 0 Å². The van der Waals surface area contributed by atoms with Crippen LogP contribution in [-0.2, 0) is 0 Å². The van der Waals surface area contributed by atoms with Crippen molar-refractivity contribution in [1.82, 2.24) is 10.3 Å². The van der Waals surface area contributed by atoms with Crippen molar-refractivity contribution in [3.8, 4) is 0 Å². The standard InChI is InChI=1S/C19H21FN6/c1-24-9-14(8-21)12-2-3-17(22)16(6-12)19(23)13-4-5-25-18(7-13)26-10-15(20)11-26/h2-9,15,21,23-24H,10-11,22H2,1H3/b14-9+,21-8?,23-19?. The normalized spacial score (nSPS) is 14.7. The molecule has 1 aliphatic rings. The molecular weight excluding hydrogens is 331 g/mol. The number of nitrogen functional groups attached to an aromatic ring is 1. The highest BCUT2D eigenvalue weighted by atomic mass is 19.1. The number of rotatable bonds is 6. The van der Waals surface area contributed by atoms with Crippen molar-refractivity contribution in [3.05, 3.63) is 59.4 Å². The molecule has 1 fully saturated rings. The van der Waals surface area contributed by atoms with Crippen molar-refractivity contribution in [2.75, 3.05) is 30.8 Å². The van der Waals surface area contributed by atoms with Crippen LogP contribution in [0.3, 0.4) is 0 Å². The molecule has 0 aliphatic carbocycles. The first kappa shape index (κ1) is 17.6. The Balaban J connectivity index is 1.93. The predicted molar refractivity (Wildman–Crippen MR) is 104 cm³/mol. The molecule has 2 heterocycles. The zero-order chi connectivity index (χ0) is 18.7. The quantitative estimate of drug-likeness (QED) is 0.474. The zero-order valence-corrected chi connectivity index (χ0v) is 14.5. The molecule has 26 heavy (non-hydrogen) atoms. The van der Waals surface area contributed by atoms with Gasteiger partial charge in [-0.3, -0.25) is 5.41 Å². The number of pyridine rings is 1. The summed E-state index contributed by atoms with van der Waals surface area (Å²) in [5.74, 6) is 0.658. The SMILES string of the molecule is CN/C=C(\C=N)c1ccc(N)c(C(=N)c2ccnc(N3CC(F)C3)c2)c1.